The number of carbonyl (C=O) groups is 2. The zero-order valence-corrected chi connectivity index (χ0v) is 15.3. The van der Waals surface area contributed by atoms with Gasteiger partial charge in [0.1, 0.15) is 12.2 Å². The van der Waals surface area contributed by atoms with Gasteiger partial charge < -0.3 is 10.4 Å². The van der Waals surface area contributed by atoms with E-state index in [4.69, 9.17) is 5.11 Å². The quantitative estimate of drug-likeness (QED) is 0.680. The number of aromatic nitrogens is 5. The lowest BCUT2D eigenvalue weighted by molar-refractivity contribution is -0.137. The molecule has 27 heavy (non-hydrogen) atoms. The van der Waals surface area contributed by atoms with E-state index >= 15 is 0 Å². The fourth-order valence-corrected chi connectivity index (χ4v) is 2.72. The Morgan fingerprint density at radius 2 is 2.00 bits per heavy atom. The number of hydrogen-bond acceptors (Lipinski definition) is 5. The lowest BCUT2D eigenvalue weighted by Crippen LogP contribution is -2.23. The Morgan fingerprint density at radius 3 is 2.74 bits per heavy atom. The molecule has 9 heteroatoms. The van der Waals surface area contributed by atoms with Gasteiger partial charge in [0.05, 0.1) is 35.9 Å². The van der Waals surface area contributed by atoms with Crippen LogP contribution in [0.5, 0.6) is 0 Å². The van der Waals surface area contributed by atoms with E-state index in [-0.39, 0.29) is 19.0 Å². The van der Waals surface area contributed by atoms with Crippen molar-refractivity contribution in [1.29, 1.82) is 0 Å². The molecule has 3 rings (SSSR count). The number of carbonyl (C=O) groups excluding carboxylic acids is 1. The number of aryl methyl sites for hydroxylation is 2. The maximum Gasteiger partial charge on any atom is 0.325 e. The van der Waals surface area contributed by atoms with E-state index in [1.807, 2.05) is 39.0 Å². The summed E-state index contributed by atoms with van der Waals surface area (Å²) < 4.78 is 2.95. The second kappa shape index (κ2) is 7.40. The molecule has 9 nitrogen and oxygen atoms in total. The number of rotatable bonds is 6. The van der Waals surface area contributed by atoms with Gasteiger partial charge in [-0.15, -0.1) is 5.10 Å². The normalized spacial score (nSPS) is 10.8. The van der Waals surface area contributed by atoms with E-state index in [0.717, 1.165) is 22.5 Å². The minimum Gasteiger partial charge on any atom is -0.480 e. The maximum atomic E-state index is 12.5. The molecule has 1 amide bonds. The van der Waals surface area contributed by atoms with Gasteiger partial charge in [0.2, 0.25) is 0 Å². The van der Waals surface area contributed by atoms with Crippen LogP contribution < -0.4 is 5.32 Å². The number of amides is 1. The van der Waals surface area contributed by atoms with Crippen molar-refractivity contribution in [1.82, 2.24) is 30.1 Å². The fraction of sp³-hybridized carbons (Fsp3) is 0.278. The zero-order chi connectivity index (χ0) is 19.6. The van der Waals surface area contributed by atoms with E-state index in [1.54, 1.807) is 4.68 Å². The van der Waals surface area contributed by atoms with Crippen LogP contribution in [0, 0.1) is 20.8 Å². The first kappa shape index (κ1) is 18.3. The van der Waals surface area contributed by atoms with Gasteiger partial charge in [-0.2, -0.15) is 5.10 Å². The molecule has 2 N–H and O–H groups in total. The third kappa shape index (κ3) is 4.02. The second-order valence-corrected chi connectivity index (χ2v) is 6.33. The third-order valence-corrected chi connectivity index (χ3v) is 4.16. The lowest BCUT2D eigenvalue weighted by Gasteiger charge is -2.10. The molecule has 2 heterocycles. The van der Waals surface area contributed by atoms with Gasteiger partial charge in [-0.3, -0.25) is 9.59 Å². The van der Waals surface area contributed by atoms with Gasteiger partial charge in [0, 0.05) is 0 Å². The van der Waals surface area contributed by atoms with Gasteiger partial charge in [-0.1, -0.05) is 17.3 Å². The highest BCUT2D eigenvalue weighted by molar-refractivity contribution is 5.95. The van der Waals surface area contributed by atoms with Crippen molar-refractivity contribution in [3.8, 4) is 5.69 Å². The molecule has 0 fully saturated rings. The standard InChI is InChI=1S/C18H20N6O3/c1-11-4-5-12(2)16(6-11)24-13(3)15(8-20-24)18(27)19-7-14-9-23(22-21-14)10-17(25)26/h4-6,8-9H,7,10H2,1-3H3,(H,19,27)(H,25,26). The Morgan fingerprint density at radius 1 is 1.22 bits per heavy atom. The molecular formula is C18H20N6O3. The van der Waals surface area contributed by atoms with Gasteiger partial charge in [0.15, 0.2) is 0 Å². The summed E-state index contributed by atoms with van der Waals surface area (Å²) in [6.45, 7) is 5.71. The predicted molar refractivity (Wildman–Crippen MR) is 96.6 cm³/mol. The van der Waals surface area contributed by atoms with E-state index < -0.39 is 5.97 Å². The number of benzene rings is 1. The average Bonchev–Trinajstić information content (AvgIpc) is 3.21. The Bertz CT molecular complexity index is 1000. The predicted octanol–water partition coefficient (Wildman–Crippen LogP) is 1.40. The first-order valence-electron chi connectivity index (χ1n) is 8.36. The highest BCUT2D eigenvalue weighted by Crippen LogP contribution is 2.19. The molecule has 0 radical (unpaired) electrons. The summed E-state index contributed by atoms with van der Waals surface area (Å²) in [7, 11) is 0. The van der Waals surface area contributed by atoms with Crippen LogP contribution in [0.1, 0.15) is 32.9 Å². The smallest absolute Gasteiger partial charge is 0.325 e. The van der Waals surface area contributed by atoms with Crippen LogP contribution in [-0.4, -0.2) is 41.8 Å². The van der Waals surface area contributed by atoms with Gasteiger partial charge in [-0.25, -0.2) is 9.36 Å². The monoisotopic (exact) mass is 368 g/mol. The van der Waals surface area contributed by atoms with Gasteiger partial charge in [-0.05, 0) is 38.0 Å². The van der Waals surface area contributed by atoms with Crippen LogP contribution in [0.25, 0.3) is 5.69 Å². The number of carboxylic acid groups (broad SMARTS) is 1. The van der Waals surface area contributed by atoms with Crippen LogP contribution in [0.3, 0.4) is 0 Å². The molecule has 140 valence electrons. The first-order valence-corrected chi connectivity index (χ1v) is 8.36. The highest BCUT2D eigenvalue weighted by atomic mass is 16.4. The fourth-order valence-electron chi connectivity index (χ4n) is 2.72. The molecule has 0 saturated carbocycles. The minimum absolute atomic E-state index is 0.145. The number of hydrogen-bond donors (Lipinski definition) is 2. The lowest BCUT2D eigenvalue weighted by atomic mass is 10.1. The van der Waals surface area contributed by atoms with E-state index in [0.29, 0.717) is 11.3 Å². The molecule has 0 saturated heterocycles. The number of carboxylic acids is 1. The van der Waals surface area contributed by atoms with Crippen molar-refractivity contribution in [2.24, 2.45) is 0 Å². The molecule has 2 aromatic heterocycles. The Balaban J connectivity index is 1.72. The number of nitrogens with zero attached hydrogens (tertiary/aromatic N) is 5. The van der Waals surface area contributed by atoms with Crippen molar-refractivity contribution in [2.75, 3.05) is 0 Å². The summed E-state index contributed by atoms with van der Waals surface area (Å²) in [5.74, 6) is -1.29. The molecule has 0 unspecified atom stereocenters. The molecule has 0 spiro atoms. The van der Waals surface area contributed by atoms with Crippen molar-refractivity contribution in [3.63, 3.8) is 0 Å². The van der Waals surface area contributed by atoms with Crippen molar-refractivity contribution in [2.45, 2.75) is 33.9 Å². The van der Waals surface area contributed by atoms with Crippen molar-refractivity contribution < 1.29 is 14.7 Å². The van der Waals surface area contributed by atoms with Crippen molar-refractivity contribution >= 4 is 11.9 Å². The number of aliphatic carboxylic acids is 1. The molecule has 0 aliphatic carbocycles. The van der Waals surface area contributed by atoms with Crippen LogP contribution in [0.15, 0.2) is 30.6 Å². The summed E-state index contributed by atoms with van der Waals surface area (Å²) in [6, 6.07) is 6.08. The van der Waals surface area contributed by atoms with Crippen LogP contribution >= 0.6 is 0 Å². The minimum atomic E-state index is -1.01. The largest absolute Gasteiger partial charge is 0.480 e. The van der Waals surface area contributed by atoms with Gasteiger partial charge in [0.25, 0.3) is 5.91 Å². The van der Waals surface area contributed by atoms with E-state index in [1.165, 1.54) is 17.1 Å². The first-order chi connectivity index (χ1) is 12.8. The molecule has 0 aliphatic heterocycles. The second-order valence-electron chi connectivity index (χ2n) is 6.33. The summed E-state index contributed by atoms with van der Waals surface area (Å²) in [5.41, 5.74) is 4.78. The average molecular weight is 368 g/mol. The summed E-state index contributed by atoms with van der Waals surface area (Å²) in [4.78, 5) is 23.2. The molecule has 1 aromatic carbocycles. The Kier molecular flexibility index (Phi) is 5.02. The Labute approximate surface area is 155 Å². The molecule has 0 atom stereocenters. The van der Waals surface area contributed by atoms with E-state index in [2.05, 4.69) is 20.7 Å². The van der Waals surface area contributed by atoms with Crippen LogP contribution in [0.4, 0.5) is 0 Å². The van der Waals surface area contributed by atoms with Gasteiger partial charge >= 0.3 is 5.97 Å². The highest BCUT2D eigenvalue weighted by Gasteiger charge is 2.16. The molecule has 3 aromatic rings. The molecule has 0 bridgehead atoms. The van der Waals surface area contributed by atoms with Crippen LogP contribution in [0.2, 0.25) is 0 Å². The summed E-state index contributed by atoms with van der Waals surface area (Å²) >= 11 is 0. The van der Waals surface area contributed by atoms with E-state index in [9.17, 15) is 9.59 Å². The molecule has 0 aliphatic rings. The van der Waals surface area contributed by atoms with Crippen LogP contribution in [-0.2, 0) is 17.9 Å². The Hall–Kier alpha value is -3.49. The molecular weight excluding hydrogens is 348 g/mol. The maximum absolute atomic E-state index is 12.5. The zero-order valence-electron chi connectivity index (χ0n) is 15.3. The topological polar surface area (TPSA) is 115 Å². The van der Waals surface area contributed by atoms with Crippen molar-refractivity contribution in [3.05, 3.63) is 58.7 Å². The summed E-state index contributed by atoms with van der Waals surface area (Å²) in [6.07, 6.45) is 3.02. The number of nitrogens with one attached hydrogen (secondary N) is 1. The summed E-state index contributed by atoms with van der Waals surface area (Å²) in [5, 5.41) is 23.4. The SMILES string of the molecule is Cc1ccc(C)c(-n2ncc(C(=O)NCc3cn(CC(=O)O)nn3)c2C)c1. The third-order valence-electron chi connectivity index (χ3n) is 4.16.